The van der Waals surface area contributed by atoms with Crippen LogP contribution >= 0.6 is 0 Å². The summed E-state index contributed by atoms with van der Waals surface area (Å²) < 4.78 is 0. The van der Waals surface area contributed by atoms with Gasteiger partial charge in [0.2, 0.25) is 17.7 Å². The monoisotopic (exact) mass is 415 g/mol. The zero-order chi connectivity index (χ0) is 22.3. The summed E-state index contributed by atoms with van der Waals surface area (Å²) in [6.07, 6.45) is 3.71. The summed E-state index contributed by atoms with van der Waals surface area (Å²) >= 11 is 0. The zero-order valence-electron chi connectivity index (χ0n) is 19.2. The maximum atomic E-state index is 13.1. The van der Waals surface area contributed by atoms with E-state index in [1.807, 2.05) is 38.1 Å². The molecule has 2 rings (SSSR count). The predicted octanol–water partition coefficient (Wildman–Crippen LogP) is 3.83. The summed E-state index contributed by atoms with van der Waals surface area (Å²) in [4.78, 5) is 43.5. The maximum absolute atomic E-state index is 13.1. The second-order valence-corrected chi connectivity index (χ2v) is 8.75. The molecule has 1 aromatic carbocycles. The average Bonchev–Trinajstić information content (AvgIpc) is 3.10. The molecule has 0 unspecified atom stereocenters. The number of aryl methyl sites for hydroxylation is 1. The smallest absolute Gasteiger partial charge is 0.248 e. The summed E-state index contributed by atoms with van der Waals surface area (Å²) in [7, 11) is 0. The molecule has 0 aliphatic carbocycles. The molecule has 166 valence electrons. The molecule has 0 saturated carbocycles. The lowest BCUT2D eigenvalue weighted by Crippen LogP contribution is -2.46. The summed E-state index contributed by atoms with van der Waals surface area (Å²) in [5.41, 5.74) is 1.91. The number of rotatable bonds is 10. The molecule has 0 bridgehead atoms. The number of carbonyl (C=O) groups excluding carboxylic acids is 3. The van der Waals surface area contributed by atoms with Gasteiger partial charge in [-0.15, -0.1) is 0 Å². The minimum Gasteiger partial charge on any atom is -0.333 e. The van der Waals surface area contributed by atoms with Crippen molar-refractivity contribution in [2.24, 2.45) is 11.8 Å². The van der Waals surface area contributed by atoms with E-state index in [4.69, 9.17) is 0 Å². The van der Waals surface area contributed by atoms with Gasteiger partial charge in [-0.25, -0.2) is 0 Å². The topological polar surface area (TPSA) is 60.9 Å². The van der Waals surface area contributed by atoms with Gasteiger partial charge in [-0.2, -0.15) is 0 Å². The fourth-order valence-electron chi connectivity index (χ4n) is 3.81. The first-order chi connectivity index (χ1) is 14.3. The fourth-order valence-corrected chi connectivity index (χ4v) is 3.81. The lowest BCUT2D eigenvalue weighted by atomic mass is 9.97. The van der Waals surface area contributed by atoms with Crippen LogP contribution in [0.4, 0.5) is 5.69 Å². The first-order valence-corrected chi connectivity index (χ1v) is 11.2. The zero-order valence-corrected chi connectivity index (χ0v) is 19.2. The minimum absolute atomic E-state index is 0.0364. The van der Waals surface area contributed by atoms with Crippen molar-refractivity contribution < 1.29 is 14.4 Å². The van der Waals surface area contributed by atoms with Crippen LogP contribution in [0.25, 0.3) is 0 Å². The Balaban J connectivity index is 2.06. The van der Waals surface area contributed by atoms with E-state index in [1.54, 1.807) is 14.7 Å². The van der Waals surface area contributed by atoms with Gasteiger partial charge in [-0.1, -0.05) is 58.2 Å². The van der Waals surface area contributed by atoms with Gasteiger partial charge in [0.1, 0.15) is 13.2 Å². The van der Waals surface area contributed by atoms with E-state index in [0.717, 1.165) is 36.9 Å². The summed E-state index contributed by atoms with van der Waals surface area (Å²) in [6, 6.07) is 7.71. The van der Waals surface area contributed by atoms with E-state index < -0.39 is 0 Å². The van der Waals surface area contributed by atoms with Crippen molar-refractivity contribution in [3.8, 4) is 0 Å². The Bertz CT molecular complexity index is 730. The van der Waals surface area contributed by atoms with Crippen LogP contribution in [0.5, 0.6) is 0 Å². The third-order valence-corrected chi connectivity index (χ3v) is 5.61. The van der Waals surface area contributed by atoms with Gasteiger partial charge >= 0.3 is 0 Å². The normalized spacial score (nSPS) is 15.1. The highest BCUT2D eigenvalue weighted by atomic mass is 16.2. The van der Waals surface area contributed by atoms with Crippen molar-refractivity contribution in [2.45, 2.75) is 60.3 Å². The molecule has 0 N–H and O–H groups in total. The van der Waals surface area contributed by atoms with E-state index in [1.165, 1.54) is 0 Å². The number of hydrogen-bond donors (Lipinski definition) is 0. The third kappa shape index (κ3) is 6.31. The van der Waals surface area contributed by atoms with Gasteiger partial charge in [0.15, 0.2) is 0 Å². The first kappa shape index (κ1) is 23.9. The van der Waals surface area contributed by atoms with Gasteiger partial charge in [-0.3, -0.25) is 19.3 Å². The molecule has 1 aliphatic rings. The van der Waals surface area contributed by atoms with Crippen molar-refractivity contribution in [1.82, 2.24) is 9.80 Å². The van der Waals surface area contributed by atoms with Crippen LogP contribution in [0, 0.1) is 18.8 Å². The predicted molar refractivity (Wildman–Crippen MR) is 120 cm³/mol. The van der Waals surface area contributed by atoms with Gasteiger partial charge < -0.3 is 9.80 Å². The second kappa shape index (κ2) is 11.1. The number of benzene rings is 1. The molecular formula is C24H37N3O3. The number of hydrogen-bond acceptors (Lipinski definition) is 3. The molecule has 0 spiro atoms. The number of unbranched alkanes of at least 4 members (excludes halogenated alkanes) is 1. The number of nitrogens with zero attached hydrogens (tertiary/aromatic N) is 3. The van der Waals surface area contributed by atoms with Gasteiger partial charge in [0.05, 0.1) is 6.54 Å². The number of anilines is 1. The Morgan fingerprint density at radius 3 is 2.37 bits per heavy atom. The van der Waals surface area contributed by atoms with Crippen LogP contribution in [0.15, 0.2) is 24.3 Å². The fraction of sp³-hybridized carbons (Fsp3) is 0.625. The molecular weight excluding hydrogens is 378 g/mol. The van der Waals surface area contributed by atoms with Crippen LogP contribution in [0.1, 0.15) is 58.9 Å². The van der Waals surface area contributed by atoms with Gasteiger partial charge in [0, 0.05) is 18.2 Å². The highest BCUT2D eigenvalue weighted by molar-refractivity contribution is 6.00. The van der Waals surface area contributed by atoms with Gasteiger partial charge in [-0.05, 0) is 37.8 Å². The SMILES string of the molecule is CCCC[C@H](CC)C(=O)N(CC(=O)N1CC(=O)N(c2ccc(C)cc2)C1)CC(C)C. The van der Waals surface area contributed by atoms with E-state index >= 15 is 0 Å². The Morgan fingerprint density at radius 1 is 1.13 bits per heavy atom. The Morgan fingerprint density at radius 2 is 1.80 bits per heavy atom. The highest BCUT2D eigenvalue weighted by Gasteiger charge is 2.33. The molecule has 1 atom stereocenters. The highest BCUT2D eigenvalue weighted by Crippen LogP contribution is 2.21. The lowest BCUT2D eigenvalue weighted by Gasteiger charge is -2.29. The summed E-state index contributed by atoms with van der Waals surface area (Å²) in [5, 5.41) is 0. The molecule has 1 saturated heterocycles. The van der Waals surface area contributed by atoms with E-state index in [-0.39, 0.29) is 49.3 Å². The number of carbonyl (C=O) groups is 3. The molecule has 30 heavy (non-hydrogen) atoms. The van der Waals surface area contributed by atoms with Crippen LogP contribution in [-0.4, -0.2) is 53.8 Å². The van der Waals surface area contributed by atoms with E-state index in [2.05, 4.69) is 20.8 Å². The summed E-state index contributed by atoms with van der Waals surface area (Å²) in [6.45, 7) is 11.1. The Hall–Kier alpha value is -2.37. The van der Waals surface area contributed by atoms with Crippen LogP contribution in [0.3, 0.4) is 0 Å². The van der Waals surface area contributed by atoms with E-state index in [0.29, 0.717) is 6.54 Å². The van der Waals surface area contributed by atoms with Crippen LogP contribution < -0.4 is 4.90 Å². The average molecular weight is 416 g/mol. The van der Waals surface area contributed by atoms with Crippen molar-refractivity contribution in [2.75, 3.05) is 31.2 Å². The van der Waals surface area contributed by atoms with E-state index in [9.17, 15) is 14.4 Å². The molecule has 0 radical (unpaired) electrons. The largest absolute Gasteiger partial charge is 0.333 e. The number of amides is 3. The molecule has 1 aromatic rings. The Kier molecular flexibility index (Phi) is 8.88. The van der Waals surface area contributed by atoms with Crippen molar-refractivity contribution in [1.29, 1.82) is 0 Å². The second-order valence-electron chi connectivity index (χ2n) is 8.75. The Labute approximate surface area is 181 Å². The van der Waals surface area contributed by atoms with Crippen molar-refractivity contribution in [3.63, 3.8) is 0 Å². The molecule has 3 amide bonds. The van der Waals surface area contributed by atoms with Crippen molar-refractivity contribution >= 4 is 23.4 Å². The minimum atomic E-state index is -0.169. The quantitative estimate of drug-likeness (QED) is 0.583. The van der Waals surface area contributed by atoms with Gasteiger partial charge in [0.25, 0.3) is 0 Å². The maximum Gasteiger partial charge on any atom is 0.248 e. The van der Waals surface area contributed by atoms with Crippen LogP contribution in [-0.2, 0) is 14.4 Å². The lowest BCUT2D eigenvalue weighted by molar-refractivity contribution is -0.143. The summed E-state index contributed by atoms with van der Waals surface area (Å²) in [5.74, 6) is 0.0324. The molecule has 1 fully saturated rings. The van der Waals surface area contributed by atoms with Crippen LogP contribution in [0.2, 0.25) is 0 Å². The molecule has 0 aromatic heterocycles. The molecule has 6 nitrogen and oxygen atoms in total. The standard InChI is InChI=1S/C24H37N3O3/c1-6-8-9-20(7-2)24(30)25(14-18(3)4)15-22(28)26-16-23(29)27(17-26)21-12-10-19(5)11-13-21/h10-13,18,20H,6-9,14-17H2,1-5H3/t20-/m0/s1. The molecule has 1 aliphatic heterocycles. The molecule has 1 heterocycles. The third-order valence-electron chi connectivity index (χ3n) is 5.61. The first-order valence-electron chi connectivity index (χ1n) is 11.2. The molecule has 6 heteroatoms. The van der Waals surface area contributed by atoms with Crippen molar-refractivity contribution in [3.05, 3.63) is 29.8 Å².